The molecule has 1 aromatic heterocycles. The minimum Gasteiger partial charge on any atom is -0.465 e. The zero-order valence-electron chi connectivity index (χ0n) is 11.5. The number of anilines is 1. The number of nitrogens with zero attached hydrogens (tertiary/aromatic N) is 4. The molecule has 0 unspecified atom stereocenters. The molecule has 0 radical (unpaired) electrons. The van der Waals surface area contributed by atoms with Gasteiger partial charge in [0.1, 0.15) is 5.82 Å². The monoisotopic (exact) mass is 304 g/mol. The topological polar surface area (TPSA) is 69.6 Å². The summed E-state index contributed by atoms with van der Waals surface area (Å²) in [6.45, 7) is 3.91. The van der Waals surface area contributed by atoms with Crippen molar-refractivity contribution in [2.45, 2.75) is 32.1 Å². The fourth-order valence-corrected chi connectivity index (χ4v) is 2.34. The molecular weight excluding hydrogens is 289 g/mol. The van der Waals surface area contributed by atoms with Gasteiger partial charge in [-0.2, -0.15) is 13.2 Å². The summed E-state index contributed by atoms with van der Waals surface area (Å²) in [7, 11) is 0. The summed E-state index contributed by atoms with van der Waals surface area (Å²) < 4.78 is 38.0. The standard InChI is InChI=1S/C12H15F3N4O2/c1-7-6-19(11(20)21)8(2)5-18(7)10-4-16-3-9(17-10)12(13,14)15/h3-4,7-8H,5-6H2,1-2H3,(H,20,21)/t7-,8-/m1/s1. The summed E-state index contributed by atoms with van der Waals surface area (Å²) in [6.07, 6.45) is -3.66. The second-order valence-corrected chi connectivity index (χ2v) is 5.05. The van der Waals surface area contributed by atoms with Gasteiger partial charge in [0.2, 0.25) is 0 Å². The summed E-state index contributed by atoms with van der Waals surface area (Å²) >= 11 is 0. The van der Waals surface area contributed by atoms with Crippen LogP contribution in [0.4, 0.5) is 23.8 Å². The minimum atomic E-state index is -4.55. The molecule has 0 spiro atoms. The first-order valence-electron chi connectivity index (χ1n) is 6.35. The largest absolute Gasteiger partial charge is 0.465 e. The van der Waals surface area contributed by atoms with Crippen LogP contribution >= 0.6 is 0 Å². The van der Waals surface area contributed by atoms with E-state index in [1.807, 2.05) is 0 Å². The molecule has 1 saturated heterocycles. The molecule has 116 valence electrons. The predicted octanol–water partition coefficient (Wildman–Crippen LogP) is 2.07. The van der Waals surface area contributed by atoms with E-state index in [0.29, 0.717) is 6.20 Å². The van der Waals surface area contributed by atoms with Crippen LogP contribution in [0.3, 0.4) is 0 Å². The van der Waals surface area contributed by atoms with E-state index in [4.69, 9.17) is 5.11 Å². The van der Waals surface area contributed by atoms with E-state index >= 15 is 0 Å². The molecule has 21 heavy (non-hydrogen) atoms. The second kappa shape index (κ2) is 5.38. The van der Waals surface area contributed by atoms with Crippen molar-refractivity contribution in [3.63, 3.8) is 0 Å². The van der Waals surface area contributed by atoms with Gasteiger partial charge in [0.25, 0.3) is 0 Å². The number of amides is 1. The molecule has 2 rings (SSSR count). The SMILES string of the molecule is C[C@@H]1CN(c2cncc(C(F)(F)F)n2)[C@H](C)CN1C(=O)O. The lowest BCUT2D eigenvalue weighted by atomic mass is 10.1. The molecule has 0 saturated carbocycles. The maximum Gasteiger partial charge on any atom is 0.434 e. The number of hydrogen-bond donors (Lipinski definition) is 1. The third kappa shape index (κ3) is 3.17. The Kier molecular flexibility index (Phi) is 3.93. The Balaban J connectivity index is 2.25. The molecule has 9 heteroatoms. The summed E-state index contributed by atoms with van der Waals surface area (Å²) in [4.78, 5) is 21.2. The van der Waals surface area contributed by atoms with Crippen molar-refractivity contribution in [2.75, 3.05) is 18.0 Å². The van der Waals surface area contributed by atoms with Gasteiger partial charge in [-0.1, -0.05) is 0 Å². The smallest absolute Gasteiger partial charge is 0.434 e. The number of hydrogen-bond acceptors (Lipinski definition) is 4. The highest BCUT2D eigenvalue weighted by Crippen LogP contribution is 2.29. The molecule has 1 amide bonds. The van der Waals surface area contributed by atoms with Crippen LogP contribution in [0.2, 0.25) is 0 Å². The molecular formula is C12H15F3N4O2. The van der Waals surface area contributed by atoms with E-state index in [9.17, 15) is 18.0 Å². The maximum atomic E-state index is 12.7. The molecule has 1 aliphatic heterocycles. The first-order chi connectivity index (χ1) is 9.70. The van der Waals surface area contributed by atoms with E-state index in [2.05, 4.69) is 9.97 Å². The second-order valence-electron chi connectivity index (χ2n) is 5.05. The Morgan fingerprint density at radius 2 is 1.95 bits per heavy atom. The van der Waals surface area contributed by atoms with Crippen LogP contribution in [0.1, 0.15) is 19.5 Å². The Morgan fingerprint density at radius 3 is 2.52 bits per heavy atom. The molecule has 1 N–H and O–H groups in total. The normalized spacial score (nSPS) is 23.3. The van der Waals surface area contributed by atoms with E-state index < -0.39 is 18.0 Å². The zero-order valence-corrected chi connectivity index (χ0v) is 11.5. The van der Waals surface area contributed by atoms with Gasteiger partial charge in [-0.15, -0.1) is 0 Å². The Labute approximate surface area is 119 Å². The third-order valence-electron chi connectivity index (χ3n) is 3.44. The van der Waals surface area contributed by atoms with E-state index in [1.54, 1.807) is 18.7 Å². The molecule has 0 aromatic carbocycles. The maximum absolute atomic E-state index is 12.7. The minimum absolute atomic E-state index is 0.106. The number of piperazine rings is 1. The number of aromatic nitrogens is 2. The Bertz CT molecular complexity index is 537. The lowest BCUT2D eigenvalue weighted by Gasteiger charge is -2.43. The summed E-state index contributed by atoms with van der Waals surface area (Å²) in [5.74, 6) is 0.106. The van der Waals surface area contributed by atoms with Gasteiger partial charge < -0.3 is 14.9 Å². The highest BCUT2D eigenvalue weighted by molar-refractivity contribution is 5.66. The van der Waals surface area contributed by atoms with Crippen LogP contribution in [-0.2, 0) is 6.18 Å². The van der Waals surface area contributed by atoms with Gasteiger partial charge in [-0.3, -0.25) is 4.98 Å². The molecule has 1 aliphatic rings. The fraction of sp³-hybridized carbons (Fsp3) is 0.583. The summed E-state index contributed by atoms with van der Waals surface area (Å²) in [5.41, 5.74) is -1.06. The molecule has 0 bridgehead atoms. The van der Waals surface area contributed by atoms with Crippen molar-refractivity contribution in [2.24, 2.45) is 0 Å². The lowest BCUT2D eigenvalue weighted by molar-refractivity contribution is -0.141. The van der Waals surface area contributed by atoms with E-state index in [1.165, 1.54) is 11.1 Å². The molecule has 2 atom stereocenters. The van der Waals surface area contributed by atoms with Gasteiger partial charge in [-0.05, 0) is 13.8 Å². The van der Waals surface area contributed by atoms with Crippen molar-refractivity contribution >= 4 is 11.9 Å². The van der Waals surface area contributed by atoms with Crippen LogP contribution in [0.25, 0.3) is 0 Å². The van der Waals surface area contributed by atoms with Crippen molar-refractivity contribution in [3.05, 3.63) is 18.1 Å². The number of alkyl halides is 3. The average molecular weight is 304 g/mol. The van der Waals surface area contributed by atoms with Crippen LogP contribution in [0, 0.1) is 0 Å². The van der Waals surface area contributed by atoms with E-state index in [0.717, 1.165) is 0 Å². The van der Waals surface area contributed by atoms with Crippen LogP contribution in [-0.4, -0.2) is 51.2 Å². The van der Waals surface area contributed by atoms with Crippen LogP contribution in [0.5, 0.6) is 0 Å². The highest BCUT2D eigenvalue weighted by atomic mass is 19.4. The third-order valence-corrected chi connectivity index (χ3v) is 3.44. The van der Waals surface area contributed by atoms with Gasteiger partial charge in [0.15, 0.2) is 5.69 Å². The van der Waals surface area contributed by atoms with E-state index in [-0.39, 0.29) is 31.0 Å². The average Bonchev–Trinajstić information content (AvgIpc) is 2.40. The highest BCUT2D eigenvalue weighted by Gasteiger charge is 2.36. The fourth-order valence-electron chi connectivity index (χ4n) is 2.34. The van der Waals surface area contributed by atoms with Gasteiger partial charge in [0.05, 0.1) is 12.4 Å². The first kappa shape index (κ1) is 15.3. The van der Waals surface area contributed by atoms with Crippen molar-refractivity contribution < 1.29 is 23.1 Å². The Morgan fingerprint density at radius 1 is 1.29 bits per heavy atom. The van der Waals surface area contributed by atoms with Gasteiger partial charge in [0, 0.05) is 25.2 Å². The van der Waals surface area contributed by atoms with Crippen molar-refractivity contribution in [1.29, 1.82) is 0 Å². The van der Waals surface area contributed by atoms with Gasteiger partial charge >= 0.3 is 12.3 Å². The molecule has 6 nitrogen and oxygen atoms in total. The lowest BCUT2D eigenvalue weighted by Crippen LogP contribution is -2.58. The molecule has 1 fully saturated rings. The van der Waals surface area contributed by atoms with Crippen molar-refractivity contribution in [1.82, 2.24) is 14.9 Å². The van der Waals surface area contributed by atoms with Crippen LogP contribution < -0.4 is 4.90 Å². The van der Waals surface area contributed by atoms with Crippen molar-refractivity contribution in [3.8, 4) is 0 Å². The zero-order chi connectivity index (χ0) is 15.8. The summed E-state index contributed by atoms with van der Waals surface area (Å²) in [6, 6.07) is -0.620. The molecule has 0 aliphatic carbocycles. The molecule has 1 aromatic rings. The Hall–Kier alpha value is -2.06. The quantitative estimate of drug-likeness (QED) is 0.860. The number of carboxylic acid groups (broad SMARTS) is 1. The first-order valence-corrected chi connectivity index (χ1v) is 6.35. The van der Waals surface area contributed by atoms with Gasteiger partial charge in [-0.25, -0.2) is 9.78 Å². The summed E-state index contributed by atoms with van der Waals surface area (Å²) in [5, 5.41) is 9.06. The van der Waals surface area contributed by atoms with Crippen LogP contribution in [0.15, 0.2) is 12.4 Å². The number of halogens is 3. The number of carbonyl (C=O) groups is 1. The number of rotatable bonds is 1. The predicted molar refractivity (Wildman–Crippen MR) is 68.0 cm³/mol. The molecule has 2 heterocycles.